The summed E-state index contributed by atoms with van der Waals surface area (Å²) < 4.78 is 9.57. The molecular formula is C12H10O5. The Labute approximate surface area is 96.2 Å². The average Bonchev–Trinajstić information content (AvgIpc) is 2.32. The number of carbonyl (C=O) groups excluding carboxylic acids is 1. The monoisotopic (exact) mass is 234 g/mol. The zero-order chi connectivity index (χ0) is 12.6. The van der Waals surface area contributed by atoms with Gasteiger partial charge in [0.15, 0.2) is 0 Å². The number of rotatable bonds is 1. The molecule has 0 spiro atoms. The Kier molecular flexibility index (Phi) is 2.59. The van der Waals surface area contributed by atoms with Crippen molar-refractivity contribution in [1.29, 1.82) is 0 Å². The molecule has 0 bridgehead atoms. The van der Waals surface area contributed by atoms with Crippen LogP contribution in [0, 0.1) is 6.92 Å². The van der Waals surface area contributed by atoms with Gasteiger partial charge in [-0.25, -0.2) is 9.59 Å². The molecule has 1 heterocycles. The fourth-order valence-corrected chi connectivity index (χ4v) is 1.63. The maximum absolute atomic E-state index is 11.5. The Bertz CT molecular complexity index is 654. The standard InChI is InChI=1S/C12H10O5/c1-6-9(13)4-3-7-8(12(15)16-2)5-10(14)17-11(6)7/h3-5,13H,1-2H3. The molecule has 5 nitrogen and oxygen atoms in total. The van der Waals surface area contributed by atoms with Crippen LogP contribution in [0.3, 0.4) is 0 Å². The summed E-state index contributed by atoms with van der Waals surface area (Å²) in [6, 6.07) is 4.02. The summed E-state index contributed by atoms with van der Waals surface area (Å²) in [6.45, 7) is 1.60. The lowest BCUT2D eigenvalue weighted by molar-refractivity contribution is 0.0602. The maximum atomic E-state index is 11.5. The van der Waals surface area contributed by atoms with E-state index in [-0.39, 0.29) is 16.9 Å². The number of fused-ring (bicyclic) bond motifs is 1. The molecule has 2 rings (SSSR count). The Hall–Kier alpha value is -2.30. The van der Waals surface area contributed by atoms with Crippen molar-refractivity contribution in [2.75, 3.05) is 7.11 Å². The van der Waals surface area contributed by atoms with E-state index in [4.69, 9.17) is 4.42 Å². The Morgan fingerprint density at radius 1 is 1.41 bits per heavy atom. The van der Waals surface area contributed by atoms with E-state index in [1.54, 1.807) is 6.92 Å². The first-order chi connectivity index (χ1) is 8.04. The SMILES string of the molecule is COC(=O)c1cc(=O)oc2c(C)c(O)ccc12. The number of benzene rings is 1. The number of methoxy groups -OCH3 is 1. The van der Waals surface area contributed by atoms with Gasteiger partial charge in [-0.15, -0.1) is 0 Å². The minimum atomic E-state index is -0.661. The van der Waals surface area contributed by atoms with Gasteiger partial charge in [0.25, 0.3) is 0 Å². The Morgan fingerprint density at radius 2 is 2.12 bits per heavy atom. The zero-order valence-corrected chi connectivity index (χ0v) is 9.31. The number of phenols is 1. The fourth-order valence-electron chi connectivity index (χ4n) is 1.63. The normalized spacial score (nSPS) is 10.5. The average molecular weight is 234 g/mol. The first kappa shape index (κ1) is 11.2. The van der Waals surface area contributed by atoms with Crippen molar-refractivity contribution in [1.82, 2.24) is 0 Å². The highest BCUT2D eigenvalue weighted by atomic mass is 16.5. The molecule has 0 saturated heterocycles. The predicted octanol–water partition coefficient (Wildman–Crippen LogP) is 1.59. The first-order valence-electron chi connectivity index (χ1n) is 4.89. The third kappa shape index (κ3) is 1.75. The summed E-state index contributed by atoms with van der Waals surface area (Å²) in [5, 5.41) is 9.95. The van der Waals surface area contributed by atoms with E-state index in [1.165, 1.54) is 19.2 Å². The number of aromatic hydroxyl groups is 1. The van der Waals surface area contributed by atoms with Crippen molar-refractivity contribution >= 4 is 16.9 Å². The molecule has 1 N–H and O–H groups in total. The van der Waals surface area contributed by atoms with Crippen molar-refractivity contribution in [2.45, 2.75) is 6.92 Å². The van der Waals surface area contributed by atoms with E-state index in [9.17, 15) is 14.7 Å². The van der Waals surface area contributed by atoms with Gasteiger partial charge in [-0.2, -0.15) is 0 Å². The van der Waals surface area contributed by atoms with Gasteiger partial charge in [-0.05, 0) is 19.1 Å². The second kappa shape index (κ2) is 3.93. The summed E-state index contributed by atoms with van der Waals surface area (Å²) in [5.41, 5.74) is 0.0664. The molecule has 0 unspecified atom stereocenters. The van der Waals surface area contributed by atoms with Gasteiger partial charge in [0.1, 0.15) is 11.3 Å². The van der Waals surface area contributed by atoms with E-state index in [1.807, 2.05) is 0 Å². The number of esters is 1. The van der Waals surface area contributed by atoms with Gasteiger partial charge in [0.2, 0.25) is 0 Å². The third-order valence-corrected chi connectivity index (χ3v) is 2.54. The topological polar surface area (TPSA) is 76.7 Å². The highest BCUT2D eigenvalue weighted by Gasteiger charge is 2.15. The second-order valence-electron chi connectivity index (χ2n) is 3.56. The van der Waals surface area contributed by atoms with Gasteiger partial charge in [0, 0.05) is 17.0 Å². The zero-order valence-electron chi connectivity index (χ0n) is 9.31. The molecule has 2 aromatic rings. The van der Waals surface area contributed by atoms with Gasteiger partial charge < -0.3 is 14.3 Å². The summed E-state index contributed by atoms with van der Waals surface area (Å²) in [5.74, 6) is -0.615. The fraction of sp³-hybridized carbons (Fsp3) is 0.167. The quantitative estimate of drug-likeness (QED) is 0.599. The smallest absolute Gasteiger partial charge is 0.338 e. The molecule has 0 atom stereocenters. The highest BCUT2D eigenvalue weighted by molar-refractivity contribution is 6.03. The number of ether oxygens (including phenoxy) is 1. The van der Waals surface area contributed by atoms with Crippen LogP contribution in [-0.2, 0) is 4.74 Å². The van der Waals surface area contributed by atoms with Crippen LogP contribution < -0.4 is 5.63 Å². The summed E-state index contributed by atoms with van der Waals surface area (Å²) in [6.07, 6.45) is 0. The van der Waals surface area contributed by atoms with Gasteiger partial charge in [-0.1, -0.05) is 0 Å². The lowest BCUT2D eigenvalue weighted by atomic mass is 10.1. The number of phenolic OH excluding ortho intramolecular Hbond substituents is 1. The summed E-state index contributed by atoms with van der Waals surface area (Å²) in [7, 11) is 1.23. The minimum absolute atomic E-state index is 0.00247. The van der Waals surface area contributed by atoms with Crippen LogP contribution in [0.5, 0.6) is 5.75 Å². The van der Waals surface area contributed by atoms with Crippen molar-refractivity contribution in [3.8, 4) is 5.75 Å². The van der Waals surface area contributed by atoms with Crippen LogP contribution in [0.15, 0.2) is 27.4 Å². The van der Waals surface area contributed by atoms with E-state index < -0.39 is 11.6 Å². The van der Waals surface area contributed by atoms with E-state index >= 15 is 0 Å². The molecule has 1 aromatic carbocycles. The third-order valence-electron chi connectivity index (χ3n) is 2.54. The molecule has 17 heavy (non-hydrogen) atoms. The van der Waals surface area contributed by atoms with Crippen LogP contribution in [0.1, 0.15) is 15.9 Å². The maximum Gasteiger partial charge on any atom is 0.338 e. The molecule has 5 heteroatoms. The van der Waals surface area contributed by atoms with Crippen LogP contribution >= 0.6 is 0 Å². The van der Waals surface area contributed by atoms with E-state index in [0.29, 0.717) is 10.9 Å². The Balaban J connectivity index is 2.91. The van der Waals surface area contributed by atoms with E-state index in [0.717, 1.165) is 6.07 Å². The van der Waals surface area contributed by atoms with Crippen LogP contribution in [-0.4, -0.2) is 18.2 Å². The number of hydrogen-bond donors (Lipinski definition) is 1. The molecule has 88 valence electrons. The van der Waals surface area contributed by atoms with Gasteiger partial charge in [-0.3, -0.25) is 0 Å². The molecule has 0 aliphatic rings. The van der Waals surface area contributed by atoms with Crippen molar-refractivity contribution in [3.63, 3.8) is 0 Å². The highest BCUT2D eigenvalue weighted by Crippen LogP contribution is 2.27. The van der Waals surface area contributed by atoms with Crippen molar-refractivity contribution in [3.05, 3.63) is 39.7 Å². The molecule has 1 aromatic heterocycles. The second-order valence-corrected chi connectivity index (χ2v) is 3.56. The number of carbonyl (C=O) groups is 1. The summed E-state index contributed by atoms with van der Waals surface area (Å²) >= 11 is 0. The minimum Gasteiger partial charge on any atom is -0.508 e. The van der Waals surface area contributed by atoms with Gasteiger partial charge in [0.05, 0.1) is 12.7 Å². The number of hydrogen-bond acceptors (Lipinski definition) is 5. The van der Waals surface area contributed by atoms with E-state index in [2.05, 4.69) is 4.74 Å². The van der Waals surface area contributed by atoms with Gasteiger partial charge >= 0.3 is 11.6 Å². The molecular weight excluding hydrogens is 224 g/mol. The van der Waals surface area contributed by atoms with Crippen LogP contribution in [0.4, 0.5) is 0 Å². The summed E-state index contributed by atoms with van der Waals surface area (Å²) in [4.78, 5) is 22.8. The molecule has 0 aliphatic heterocycles. The first-order valence-corrected chi connectivity index (χ1v) is 4.89. The van der Waals surface area contributed by atoms with Crippen molar-refractivity contribution in [2.24, 2.45) is 0 Å². The van der Waals surface area contributed by atoms with Crippen LogP contribution in [0.2, 0.25) is 0 Å². The van der Waals surface area contributed by atoms with Crippen LogP contribution in [0.25, 0.3) is 11.0 Å². The molecule has 0 aliphatic carbocycles. The largest absolute Gasteiger partial charge is 0.508 e. The lowest BCUT2D eigenvalue weighted by Crippen LogP contribution is -2.08. The Morgan fingerprint density at radius 3 is 2.76 bits per heavy atom. The molecule has 0 fully saturated rings. The van der Waals surface area contributed by atoms with Crippen molar-refractivity contribution < 1.29 is 19.1 Å². The predicted molar refractivity (Wildman–Crippen MR) is 60.2 cm³/mol. The lowest BCUT2D eigenvalue weighted by Gasteiger charge is -2.06. The number of aryl methyl sites for hydroxylation is 1. The molecule has 0 saturated carbocycles. The molecule has 0 radical (unpaired) electrons. The molecule has 0 amide bonds.